The minimum atomic E-state index is -1.80. The third-order valence-electron chi connectivity index (χ3n) is 11.5. The Hall–Kier alpha value is -4.62. The Balaban J connectivity index is 1.38. The fourth-order valence-electron chi connectivity index (χ4n) is 9.28. The number of anilines is 1. The van der Waals surface area contributed by atoms with E-state index in [4.69, 9.17) is 4.74 Å². The summed E-state index contributed by atoms with van der Waals surface area (Å²) in [5.74, 6) is -5.44. The summed E-state index contributed by atoms with van der Waals surface area (Å²) in [6.45, 7) is 0. The van der Waals surface area contributed by atoms with Crippen molar-refractivity contribution in [1.29, 1.82) is 0 Å². The lowest BCUT2D eigenvalue weighted by Crippen LogP contribution is -2.59. The molecule has 8 rings (SSSR count). The van der Waals surface area contributed by atoms with Gasteiger partial charge in [-0.05, 0) is 97.0 Å². The number of Topliss-reactive ketones (excluding diaryl/α,β-unsaturated/α-hetero) is 1. The predicted octanol–water partition coefficient (Wildman–Crippen LogP) is 5.63. The second kappa shape index (κ2) is 13.4. The number of imide groups is 1. The molecule has 4 aromatic rings. The van der Waals surface area contributed by atoms with Crippen LogP contribution in [0.5, 0.6) is 11.5 Å². The molecule has 2 fully saturated rings. The highest BCUT2D eigenvalue weighted by atomic mass is 79.9. The van der Waals surface area contributed by atoms with Crippen LogP contribution in [0.25, 0.3) is 5.57 Å². The number of phenolic OH excluding ortho intramolecular Hbond substituents is 1. The summed E-state index contributed by atoms with van der Waals surface area (Å²) >= 11 is 7.22. The molecular formula is C41H32BBr2NO8. The number of benzene rings is 4. The van der Waals surface area contributed by atoms with Crippen molar-refractivity contribution in [3.8, 4) is 11.5 Å². The number of amides is 2. The summed E-state index contributed by atoms with van der Waals surface area (Å²) in [7, 11) is -0.375. The van der Waals surface area contributed by atoms with Crippen LogP contribution in [0, 0.1) is 23.7 Å². The van der Waals surface area contributed by atoms with Crippen LogP contribution in [0.4, 0.5) is 5.69 Å². The fourth-order valence-corrected chi connectivity index (χ4v) is 10.2. The normalized spacial score (nSPS) is 26.4. The van der Waals surface area contributed by atoms with Gasteiger partial charge in [-0.3, -0.25) is 24.1 Å². The number of carbonyl (C=O) groups is 4. The monoisotopic (exact) mass is 835 g/mol. The number of methoxy groups -OCH3 is 1. The van der Waals surface area contributed by atoms with Crippen molar-refractivity contribution >= 4 is 79.1 Å². The van der Waals surface area contributed by atoms with Crippen molar-refractivity contribution in [3.05, 3.63) is 134 Å². The quantitative estimate of drug-likeness (QED) is 0.129. The summed E-state index contributed by atoms with van der Waals surface area (Å²) in [5.41, 5.74) is 1.69. The van der Waals surface area contributed by atoms with Gasteiger partial charge in [-0.1, -0.05) is 84.4 Å². The lowest BCUT2D eigenvalue weighted by Gasteiger charge is -2.55. The number of aromatic hydroxyl groups is 1. The largest absolute Gasteiger partial charge is 0.503 e. The van der Waals surface area contributed by atoms with Gasteiger partial charge in [0.05, 0.1) is 34.5 Å². The highest BCUT2D eigenvalue weighted by molar-refractivity contribution is 9.13. The SMILES string of the molecule is COc1cc([C@H]2C3=CC[C@@H]4C(=O)N(c5cccc(B(O)O)c5)C(=O)[C@@H]4[C@@H]3C[C@H]3C(=O)C(c4ccccc4)=CC(=O)[C@@]23c2ccccc2)c(Br)c(Br)c1O. The van der Waals surface area contributed by atoms with Crippen LogP contribution in [0.2, 0.25) is 0 Å². The van der Waals surface area contributed by atoms with E-state index in [0.717, 1.165) is 10.5 Å². The minimum Gasteiger partial charge on any atom is -0.503 e. The van der Waals surface area contributed by atoms with E-state index in [1.807, 2.05) is 54.6 Å². The zero-order valence-corrected chi connectivity index (χ0v) is 31.5. The van der Waals surface area contributed by atoms with E-state index < -0.39 is 53.9 Å². The van der Waals surface area contributed by atoms with Gasteiger partial charge in [-0.15, -0.1) is 0 Å². The molecule has 1 heterocycles. The number of ketones is 2. The Morgan fingerprint density at radius 2 is 1.55 bits per heavy atom. The van der Waals surface area contributed by atoms with Gasteiger partial charge in [0.1, 0.15) is 0 Å². The maximum absolute atomic E-state index is 15.3. The molecule has 3 aliphatic carbocycles. The predicted molar refractivity (Wildman–Crippen MR) is 205 cm³/mol. The summed E-state index contributed by atoms with van der Waals surface area (Å²) in [4.78, 5) is 60.4. The molecule has 0 spiro atoms. The van der Waals surface area contributed by atoms with Gasteiger partial charge in [0.15, 0.2) is 23.1 Å². The number of halogens is 2. The van der Waals surface area contributed by atoms with Crippen LogP contribution in [0.3, 0.4) is 0 Å². The van der Waals surface area contributed by atoms with Gasteiger partial charge in [-0.25, -0.2) is 0 Å². The first-order chi connectivity index (χ1) is 25.5. The lowest BCUT2D eigenvalue weighted by molar-refractivity contribution is -0.135. The molecule has 1 saturated carbocycles. The maximum Gasteiger partial charge on any atom is 0.488 e. The van der Waals surface area contributed by atoms with E-state index in [1.165, 1.54) is 25.3 Å². The number of hydrogen-bond donors (Lipinski definition) is 3. The minimum absolute atomic E-state index is 0.114. The molecule has 266 valence electrons. The summed E-state index contributed by atoms with van der Waals surface area (Å²) in [6.07, 6.45) is 3.72. The standard InChI is InChI=1S/C41H32BBr2NO8/c1-53-31-19-29(35(43)36(44)38(31)48)34-25-15-16-26-33(40(50)45(39(26)49)24-14-8-13-23(17-24)42(51)52)28(25)18-30-37(47)27(21-9-4-2-5-10-21)20-32(46)41(30,34)22-11-6-3-7-12-22/h2-15,17,19-20,26,28,30,33-34,48,51-52H,16,18H2,1H3/t26-,28+,30-,33-,34+,41-/m0/s1. The molecule has 0 radical (unpaired) electrons. The number of rotatable bonds is 6. The maximum atomic E-state index is 15.3. The highest BCUT2D eigenvalue weighted by Gasteiger charge is 2.66. The molecule has 2 amide bonds. The average Bonchev–Trinajstić information content (AvgIpc) is 3.44. The van der Waals surface area contributed by atoms with Crippen LogP contribution in [-0.4, -0.2) is 52.8 Å². The molecule has 0 aromatic heterocycles. The van der Waals surface area contributed by atoms with Crippen LogP contribution >= 0.6 is 31.9 Å². The number of nitrogens with zero attached hydrogens (tertiary/aromatic N) is 1. The van der Waals surface area contributed by atoms with E-state index in [-0.39, 0.29) is 52.6 Å². The number of phenols is 1. The van der Waals surface area contributed by atoms with Gasteiger partial charge < -0.3 is 19.9 Å². The molecule has 3 N–H and O–H groups in total. The molecule has 1 aliphatic heterocycles. The van der Waals surface area contributed by atoms with Crippen LogP contribution < -0.4 is 15.1 Å². The molecule has 0 bridgehead atoms. The molecule has 9 nitrogen and oxygen atoms in total. The molecule has 1 saturated heterocycles. The Labute approximate surface area is 322 Å². The van der Waals surface area contributed by atoms with Crippen molar-refractivity contribution in [2.45, 2.75) is 24.2 Å². The number of ether oxygens (including phenoxy) is 1. The second-order valence-corrected chi connectivity index (χ2v) is 15.5. The number of fused-ring (bicyclic) bond motifs is 4. The van der Waals surface area contributed by atoms with E-state index >= 15 is 9.59 Å². The van der Waals surface area contributed by atoms with E-state index in [0.29, 0.717) is 25.6 Å². The molecule has 4 aromatic carbocycles. The number of hydrogen-bond acceptors (Lipinski definition) is 8. The number of carbonyl (C=O) groups excluding carboxylic acids is 4. The van der Waals surface area contributed by atoms with Gasteiger partial charge in [-0.2, -0.15) is 0 Å². The lowest BCUT2D eigenvalue weighted by atomic mass is 9.44. The van der Waals surface area contributed by atoms with Crippen LogP contribution in [0.1, 0.15) is 35.4 Å². The molecule has 4 aliphatic rings. The smallest absolute Gasteiger partial charge is 0.488 e. The van der Waals surface area contributed by atoms with Gasteiger partial charge in [0, 0.05) is 21.9 Å². The fraction of sp³-hybridized carbons (Fsp3) is 0.220. The van der Waals surface area contributed by atoms with Crippen LogP contribution in [-0.2, 0) is 24.6 Å². The van der Waals surface area contributed by atoms with E-state index in [1.54, 1.807) is 30.3 Å². The summed E-state index contributed by atoms with van der Waals surface area (Å²) in [6, 6.07) is 26.0. The zero-order chi connectivity index (χ0) is 37.3. The highest BCUT2D eigenvalue weighted by Crippen LogP contribution is 2.65. The average molecular weight is 837 g/mol. The van der Waals surface area contributed by atoms with Crippen molar-refractivity contribution in [2.75, 3.05) is 12.0 Å². The second-order valence-electron chi connectivity index (χ2n) is 13.9. The van der Waals surface area contributed by atoms with E-state index in [2.05, 4.69) is 31.9 Å². The first-order valence-corrected chi connectivity index (χ1v) is 18.8. The van der Waals surface area contributed by atoms with E-state index in [9.17, 15) is 24.7 Å². The molecule has 6 atom stereocenters. The Bertz CT molecular complexity index is 2280. The number of allylic oxidation sites excluding steroid dienone is 4. The Morgan fingerprint density at radius 1 is 0.849 bits per heavy atom. The summed E-state index contributed by atoms with van der Waals surface area (Å²) < 4.78 is 6.35. The van der Waals surface area contributed by atoms with Crippen LogP contribution in [0.15, 0.2) is 118 Å². The molecule has 12 heteroatoms. The van der Waals surface area contributed by atoms with Gasteiger partial charge in [0.25, 0.3) is 0 Å². The first-order valence-electron chi connectivity index (χ1n) is 17.2. The van der Waals surface area contributed by atoms with Gasteiger partial charge in [0.2, 0.25) is 11.8 Å². The van der Waals surface area contributed by atoms with Crippen molar-refractivity contribution in [3.63, 3.8) is 0 Å². The summed E-state index contributed by atoms with van der Waals surface area (Å²) in [5, 5.41) is 30.7. The van der Waals surface area contributed by atoms with Crippen molar-refractivity contribution in [1.82, 2.24) is 0 Å². The third kappa shape index (κ3) is 5.25. The van der Waals surface area contributed by atoms with Crippen molar-refractivity contribution in [2.24, 2.45) is 23.7 Å². The zero-order valence-electron chi connectivity index (χ0n) is 28.3. The topological polar surface area (TPSA) is 141 Å². The van der Waals surface area contributed by atoms with Gasteiger partial charge >= 0.3 is 7.12 Å². The van der Waals surface area contributed by atoms with Crippen molar-refractivity contribution < 1.29 is 39.1 Å². The molecule has 0 unspecified atom stereocenters. The molecule has 53 heavy (non-hydrogen) atoms. The first kappa shape index (κ1) is 35.4. The Kier molecular flexibility index (Phi) is 8.92. The molecular weight excluding hydrogens is 805 g/mol. The third-order valence-corrected chi connectivity index (χ3v) is 13.7. The Morgan fingerprint density at radius 3 is 2.23 bits per heavy atom.